The molecule has 1 aliphatic rings. The van der Waals surface area contributed by atoms with Gasteiger partial charge in [-0.15, -0.1) is 0 Å². The number of H-pyrrole nitrogens is 1. The lowest BCUT2D eigenvalue weighted by molar-refractivity contribution is -0.146. The minimum Gasteiger partial charge on any atom is -0.478 e. The van der Waals surface area contributed by atoms with Gasteiger partial charge in [-0.1, -0.05) is 22.9 Å². The smallest absolute Gasteiger partial charge is 0.305 e. The van der Waals surface area contributed by atoms with Crippen LogP contribution in [0.5, 0.6) is 5.75 Å². The van der Waals surface area contributed by atoms with Crippen LogP contribution in [0.25, 0.3) is 0 Å². The molecule has 158 valence electrons. The number of benzene rings is 1. The number of sulfonamides is 1. The van der Waals surface area contributed by atoms with E-state index in [1.165, 1.54) is 4.31 Å². The van der Waals surface area contributed by atoms with E-state index in [9.17, 15) is 18.0 Å². The summed E-state index contributed by atoms with van der Waals surface area (Å²) < 4.78 is 32.8. The second-order valence-electron chi connectivity index (χ2n) is 7.19. The van der Waals surface area contributed by atoms with Crippen molar-refractivity contribution in [2.24, 2.45) is 0 Å². The first kappa shape index (κ1) is 21.8. The molecule has 0 atom stereocenters. The number of carbonyl (C=O) groups is 1. The Morgan fingerprint density at radius 2 is 1.76 bits per heavy atom. The fourth-order valence-electron chi connectivity index (χ4n) is 3.11. The molecule has 1 N–H and O–H groups in total. The third-order valence-electron chi connectivity index (χ3n) is 4.58. The molecule has 1 aromatic heterocycles. The molecule has 1 aromatic carbocycles. The zero-order chi connectivity index (χ0) is 21.4. The Labute approximate surface area is 178 Å². The third kappa shape index (κ3) is 4.66. The van der Waals surface area contributed by atoms with E-state index in [4.69, 9.17) is 16.3 Å². The molecular weight excluding hydrogens is 438 g/mol. The molecular formula is C18H22ClN3O5S2. The van der Waals surface area contributed by atoms with Gasteiger partial charge in [0.1, 0.15) is 5.75 Å². The molecule has 0 radical (unpaired) electrons. The molecule has 29 heavy (non-hydrogen) atoms. The number of carbonyl (C=O) groups excluding carboxylic acids is 1. The summed E-state index contributed by atoms with van der Waals surface area (Å²) in [5.74, 6) is 0.291. The van der Waals surface area contributed by atoms with Gasteiger partial charge in [0, 0.05) is 36.9 Å². The number of nitrogens with one attached hydrogen (secondary N) is 1. The minimum absolute atomic E-state index is 0.0219. The highest BCUT2D eigenvalue weighted by Crippen LogP contribution is 2.25. The fraction of sp³-hybridized carbons (Fsp3) is 0.444. The first-order chi connectivity index (χ1) is 13.5. The molecule has 1 amide bonds. The highest BCUT2D eigenvalue weighted by atomic mass is 35.5. The van der Waals surface area contributed by atoms with Crippen molar-refractivity contribution in [3.8, 4) is 5.75 Å². The van der Waals surface area contributed by atoms with Crippen molar-refractivity contribution in [1.82, 2.24) is 14.2 Å². The van der Waals surface area contributed by atoms with Crippen LogP contribution in [0, 0.1) is 6.92 Å². The fourth-order valence-corrected chi connectivity index (χ4v) is 6.09. The summed E-state index contributed by atoms with van der Waals surface area (Å²) in [5.41, 5.74) is -0.790. The third-order valence-corrected chi connectivity index (χ3v) is 8.32. The lowest BCUT2D eigenvalue weighted by Gasteiger charge is -2.37. The molecule has 0 saturated carbocycles. The van der Waals surface area contributed by atoms with Crippen LogP contribution in [0.4, 0.5) is 0 Å². The SMILES string of the molecule is Cc1[nH]c(=O)sc1S(=O)(=O)N1CCN(C(=O)C(C)(C)Oc2ccc(Cl)cc2)CC1. The summed E-state index contributed by atoms with van der Waals surface area (Å²) in [4.78, 5) is 28.1. The monoisotopic (exact) mass is 459 g/mol. The number of aromatic amines is 1. The van der Waals surface area contributed by atoms with Gasteiger partial charge in [-0.05, 0) is 45.0 Å². The molecule has 2 heterocycles. The molecule has 0 aliphatic carbocycles. The van der Waals surface area contributed by atoms with E-state index >= 15 is 0 Å². The topological polar surface area (TPSA) is 99.8 Å². The molecule has 0 bridgehead atoms. The largest absolute Gasteiger partial charge is 0.478 e. The number of hydrogen-bond donors (Lipinski definition) is 1. The van der Waals surface area contributed by atoms with E-state index < -0.39 is 20.5 Å². The number of rotatable bonds is 5. The summed E-state index contributed by atoms with van der Waals surface area (Å²) in [6.45, 7) is 5.68. The standard InChI is InChI=1S/C18H22ClN3O5S2/c1-12-15(28-17(24)20-12)29(25,26)22-10-8-21(9-11-22)16(23)18(2,3)27-14-6-4-13(19)5-7-14/h4-7H,8-11H2,1-3H3,(H,20,24). The molecule has 1 saturated heterocycles. The molecule has 1 fully saturated rings. The Kier molecular flexibility index (Phi) is 6.09. The first-order valence-electron chi connectivity index (χ1n) is 8.94. The first-order valence-corrected chi connectivity index (χ1v) is 11.6. The van der Waals surface area contributed by atoms with Gasteiger partial charge in [-0.2, -0.15) is 4.31 Å². The Balaban J connectivity index is 1.66. The van der Waals surface area contributed by atoms with Crippen molar-refractivity contribution in [2.45, 2.75) is 30.6 Å². The minimum atomic E-state index is -3.77. The molecule has 11 heteroatoms. The van der Waals surface area contributed by atoms with Gasteiger partial charge in [-0.25, -0.2) is 8.42 Å². The van der Waals surface area contributed by atoms with Crippen LogP contribution in [-0.4, -0.2) is 60.3 Å². The number of ether oxygens (including phenoxy) is 1. The zero-order valence-electron chi connectivity index (χ0n) is 16.3. The Hall–Kier alpha value is -1.88. The maximum Gasteiger partial charge on any atom is 0.305 e. The number of hydrogen-bond acceptors (Lipinski definition) is 6. The van der Waals surface area contributed by atoms with Gasteiger partial charge >= 0.3 is 4.87 Å². The average Bonchev–Trinajstić information content (AvgIpc) is 3.02. The van der Waals surface area contributed by atoms with E-state index in [1.54, 1.807) is 49.9 Å². The van der Waals surface area contributed by atoms with Gasteiger partial charge in [0.25, 0.3) is 15.9 Å². The van der Waals surface area contributed by atoms with Crippen molar-refractivity contribution in [2.75, 3.05) is 26.2 Å². The van der Waals surface area contributed by atoms with Gasteiger partial charge < -0.3 is 14.6 Å². The molecule has 0 unspecified atom stereocenters. The van der Waals surface area contributed by atoms with Crippen LogP contribution in [0.3, 0.4) is 0 Å². The summed E-state index contributed by atoms with van der Waals surface area (Å²) >= 11 is 6.55. The molecule has 1 aliphatic heterocycles. The van der Waals surface area contributed by atoms with Crippen LogP contribution in [0.1, 0.15) is 19.5 Å². The van der Waals surface area contributed by atoms with Crippen molar-refractivity contribution < 1.29 is 17.9 Å². The highest BCUT2D eigenvalue weighted by Gasteiger charge is 2.38. The number of aromatic nitrogens is 1. The second kappa shape index (κ2) is 8.10. The number of thiazole rings is 1. The van der Waals surface area contributed by atoms with Crippen molar-refractivity contribution in [3.63, 3.8) is 0 Å². The number of aryl methyl sites for hydroxylation is 1. The Morgan fingerprint density at radius 3 is 2.28 bits per heavy atom. The summed E-state index contributed by atoms with van der Waals surface area (Å²) in [6, 6.07) is 6.73. The van der Waals surface area contributed by atoms with Crippen LogP contribution in [0.15, 0.2) is 33.3 Å². The van der Waals surface area contributed by atoms with E-state index in [0.717, 1.165) is 0 Å². The van der Waals surface area contributed by atoms with Gasteiger partial charge in [-0.3, -0.25) is 9.59 Å². The number of amides is 1. The Bertz CT molecular complexity index is 1050. The lowest BCUT2D eigenvalue weighted by atomic mass is 10.1. The maximum absolute atomic E-state index is 12.9. The highest BCUT2D eigenvalue weighted by molar-refractivity contribution is 7.91. The van der Waals surface area contributed by atoms with E-state index in [1.807, 2.05) is 0 Å². The summed E-state index contributed by atoms with van der Waals surface area (Å²) in [7, 11) is -3.77. The zero-order valence-corrected chi connectivity index (χ0v) is 18.7. The number of halogens is 1. The molecule has 2 aromatic rings. The van der Waals surface area contributed by atoms with Crippen molar-refractivity contribution >= 4 is 38.9 Å². The molecule has 8 nitrogen and oxygen atoms in total. The van der Waals surface area contributed by atoms with Gasteiger partial charge in [0.05, 0.1) is 0 Å². The molecule has 3 rings (SSSR count). The van der Waals surface area contributed by atoms with Gasteiger partial charge in [0.15, 0.2) is 9.81 Å². The van der Waals surface area contributed by atoms with E-state index in [0.29, 0.717) is 27.8 Å². The van der Waals surface area contributed by atoms with Gasteiger partial charge in [0.2, 0.25) is 0 Å². The predicted molar refractivity (Wildman–Crippen MR) is 111 cm³/mol. The summed E-state index contributed by atoms with van der Waals surface area (Å²) in [6.07, 6.45) is 0. The average molecular weight is 460 g/mol. The van der Waals surface area contributed by atoms with Crippen molar-refractivity contribution in [1.29, 1.82) is 0 Å². The van der Waals surface area contributed by atoms with E-state index in [-0.39, 0.29) is 36.3 Å². The van der Waals surface area contributed by atoms with Crippen LogP contribution >= 0.6 is 22.9 Å². The summed E-state index contributed by atoms with van der Waals surface area (Å²) in [5, 5.41) is 0.571. The normalized spacial score (nSPS) is 16.1. The van der Waals surface area contributed by atoms with Crippen LogP contribution in [-0.2, 0) is 14.8 Å². The maximum atomic E-state index is 12.9. The molecule has 0 spiro atoms. The lowest BCUT2D eigenvalue weighted by Crippen LogP contribution is -2.56. The quantitative estimate of drug-likeness (QED) is 0.737. The van der Waals surface area contributed by atoms with Crippen LogP contribution in [0.2, 0.25) is 5.02 Å². The second-order valence-corrected chi connectivity index (χ2v) is 10.7. The van der Waals surface area contributed by atoms with Crippen molar-refractivity contribution in [3.05, 3.63) is 44.6 Å². The Morgan fingerprint density at radius 1 is 1.17 bits per heavy atom. The van der Waals surface area contributed by atoms with Crippen LogP contribution < -0.4 is 9.61 Å². The van der Waals surface area contributed by atoms with E-state index in [2.05, 4.69) is 4.98 Å². The number of piperazine rings is 1. The predicted octanol–water partition coefficient (Wildman–Crippen LogP) is 2.09. The number of nitrogens with zero attached hydrogens (tertiary/aromatic N) is 2.